The number of hydrogen-bond donors (Lipinski definition) is 0. The zero-order chi connectivity index (χ0) is 22.1. The van der Waals surface area contributed by atoms with E-state index < -0.39 is 31.0 Å². The summed E-state index contributed by atoms with van der Waals surface area (Å²) in [4.78, 5) is 15.6. The molecule has 0 saturated heterocycles. The Morgan fingerprint density at radius 1 is 0.903 bits per heavy atom. The first-order chi connectivity index (χ1) is 13.4. The summed E-state index contributed by atoms with van der Waals surface area (Å²) in [5.74, 6) is 0. The molecule has 2 aromatic heterocycles. The summed E-state index contributed by atoms with van der Waals surface area (Å²) >= 11 is 1.39. The zero-order valence-electron chi connectivity index (χ0n) is 16.0. The quantitative estimate of drug-likeness (QED) is 0.284. The van der Waals surface area contributed by atoms with Crippen molar-refractivity contribution < 1.29 is 29.4 Å². The number of hydrogen-bond acceptors (Lipinski definition) is 12. The molecule has 1 unspecified atom stereocenters. The van der Waals surface area contributed by atoms with Crippen LogP contribution in [-0.4, -0.2) is 66.0 Å². The third kappa shape index (κ3) is 15.0. The Morgan fingerprint density at radius 2 is 1.35 bits per heavy atom. The molecule has 0 amide bonds. The lowest BCUT2D eigenvalue weighted by Crippen LogP contribution is -2.06. The smallest absolute Gasteiger partial charge is 0.264 e. The molecule has 31 heavy (non-hydrogen) atoms. The lowest BCUT2D eigenvalue weighted by molar-refractivity contribution is 0.305. The van der Waals surface area contributed by atoms with Crippen LogP contribution in [0.1, 0.15) is 26.2 Å². The van der Waals surface area contributed by atoms with E-state index in [-0.39, 0.29) is 33.2 Å². The largest absolute Gasteiger partial charge is 0.264 e. The predicted molar refractivity (Wildman–Crippen MR) is 121 cm³/mol. The van der Waals surface area contributed by atoms with Gasteiger partial charge < -0.3 is 0 Å². The van der Waals surface area contributed by atoms with Gasteiger partial charge >= 0.3 is 0 Å². The molecule has 2 heterocycles. The average molecular weight is 517 g/mol. The standard InChI is InChI=1S/C7H10N2O4S2.C7H10N2O3S2.2CH4/c1-14(10)7-8-4-3-6(9-7)5-13-15(2,11)12;1-13-7-8-4-3-6(9-7)5-12-14(2,10)11;;/h3-4H,5H2,1-2H3;3-4H,5H2,1-2H3;2*1H4. The maximum absolute atomic E-state index is 11.0. The lowest BCUT2D eigenvalue weighted by atomic mass is 10.4. The molecule has 0 bridgehead atoms. The second-order valence-corrected chi connectivity index (χ2v) is 10.6. The fraction of sp³-hybridized carbons (Fsp3) is 0.500. The van der Waals surface area contributed by atoms with Crippen LogP contribution >= 0.6 is 11.8 Å². The van der Waals surface area contributed by atoms with Gasteiger partial charge in [-0.25, -0.2) is 19.9 Å². The first-order valence-electron chi connectivity index (χ1n) is 7.59. The summed E-state index contributed by atoms with van der Waals surface area (Å²) in [6.07, 6.45) is 8.22. The van der Waals surface area contributed by atoms with Crippen LogP contribution in [-0.2, 0) is 52.6 Å². The molecule has 0 spiro atoms. The second kappa shape index (κ2) is 14.5. The van der Waals surface area contributed by atoms with Crippen LogP contribution in [0, 0.1) is 0 Å². The van der Waals surface area contributed by atoms with Gasteiger partial charge in [0.1, 0.15) is 13.2 Å². The van der Waals surface area contributed by atoms with Crippen LogP contribution in [0.25, 0.3) is 0 Å². The Hall–Kier alpha value is -1.52. The van der Waals surface area contributed by atoms with E-state index in [0.717, 1.165) is 12.5 Å². The molecule has 0 N–H and O–H groups in total. The summed E-state index contributed by atoms with van der Waals surface area (Å²) < 4.78 is 62.9. The highest BCUT2D eigenvalue weighted by atomic mass is 32.2. The second-order valence-electron chi connectivity index (χ2n) is 5.25. The molecule has 178 valence electrons. The van der Waals surface area contributed by atoms with Gasteiger partial charge in [0, 0.05) is 18.6 Å². The molecule has 2 aromatic rings. The number of rotatable bonds is 8. The van der Waals surface area contributed by atoms with Gasteiger partial charge in [-0.1, -0.05) is 26.6 Å². The maximum atomic E-state index is 11.0. The molecule has 15 heteroatoms. The molecule has 0 aromatic carbocycles. The highest BCUT2D eigenvalue weighted by molar-refractivity contribution is 7.98. The van der Waals surface area contributed by atoms with E-state index >= 15 is 0 Å². The van der Waals surface area contributed by atoms with Gasteiger partial charge in [0.05, 0.1) is 34.7 Å². The van der Waals surface area contributed by atoms with E-state index in [2.05, 4.69) is 28.3 Å². The van der Waals surface area contributed by atoms with Crippen molar-refractivity contribution in [2.45, 2.75) is 38.4 Å². The Bertz CT molecular complexity index is 1050. The number of thioether (sulfide) groups is 1. The van der Waals surface area contributed by atoms with Gasteiger partial charge in [-0.15, -0.1) is 0 Å². The maximum Gasteiger partial charge on any atom is 0.264 e. The molecule has 0 saturated carbocycles. The third-order valence-electron chi connectivity index (χ3n) is 2.66. The van der Waals surface area contributed by atoms with Crippen molar-refractivity contribution in [3.05, 3.63) is 35.9 Å². The van der Waals surface area contributed by atoms with Crippen LogP contribution in [0.3, 0.4) is 0 Å². The molecule has 1 atom stereocenters. The predicted octanol–water partition coefficient (Wildman–Crippen LogP) is 1.64. The highest BCUT2D eigenvalue weighted by Crippen LogP contribution is 2.08. The van der Waals surface area contributed by atoms with Crippen molar-refractivity contribution in [2.75, 3.05) is 25.0 Å². The minimum absolute atomic E-state index is 0. The molecule has 2 rings (SSSR count). The average Bonchev–Trinajstić information content (AvgIpc) is 2.64. The topological polar surface area (TPSA) is 155 Å². The van der Waals surface area contributed by atoms with Crippen LogP contribution in [0.4, 0.5) is 0 Å². The van der Waals surface area contributed by atoms with Crippen LogP contribution in [0.5, 0.6) is 0 Å². The lowest BCUT2D eigenvalue weighted by Gasteiger charge is -2.01. The first kappa shape index (κ1) is 31.7. The van der Waals surface area contributed by atoms with E-state index in [4.69, 9.17) is 0 Å². The third-order valence-corrected chi connectivity index (χ3v) is 5.03. The Labute approximate surface area is 191 Å². The minimum atomic E-state index is -3.49. The fourth-order valence-electron chi connectivity index (χ4n) is 1.48. The van der Waals surface area contributed by atoms with Gasteiger partial charge in [-0.3, -0.25) is 12.6 Å². The van der Waals surface area contributed by atoms with Crippen molar-refractivity contribution in [1.82, 2.24) is 19.9 Å². The van der Waals surface area contributed by atoms with Crippen LogP contribution in [0.15, 0.2) is 34.8 Å². The molecule has 0 fully saturated rings. The fourth-order valence-corrected chi connectivity index (χ4v) is 2.98. The molecular formula is C16H28N4O7S4. The molecule has 0 aliphatic rings. The van der Waals surface area contributed by atoms with E-state index in [1.54, 1.807) is 12.3 Å². The number of nitrogens with zero attached hydrogens (tertiary/aromatic N) is 4. The Balaban J connectivity index is 0. The van der Waals surface area contributed by atoms with E-state index in [9.17, 15) is 21.0 Å². The Kier molecular flexibility index (Phi) is 14.8. The molecular weight excluding hydrogens is 488 g/mol. The summed E-state index contributed by atoms with van der Waals surface area (Å²) in [5, 5.41) is 0.754. The van der Waals surface area contributed by atoms with Crippen molar-refractivity contribution in [1.29, 1.82) is 0 Å². The summed E-state index contributed by atoms with van der Waals surface area (Å²) in [7, 11) is -8.19. The van der Waals surface area contributed by atoms with Gasteiger partial charge in [-0.2, -0.15) is 16.8 Å². The van der Waals surface area contributed by atoms with Crippen molar-refractivity contribution >= 4 is 42.8 Å². The molecule has 11 nitrogen and oxygen atoms in total. The van der Waals surface area contributed by atoms with Crippen molar-refractivity contribution in [3.8, 4) is 0 Å². The van der Waals surface area contributed by atoms with Gasteiger partial charge in [-0.05, 0) is 18.4 Å². The molecule has 0 aliphatic carbocycles. The zero-order valence-corrected chi connectivity index (χ0v) is 19.3. The summed E-state index contributed by atoms with van der Waals surface area (Å²) in [6, 6.07) is 3.12. The summed E-state index contributed by atoms with van der Waals surface area (Å²) in [5.41, 5.74) is 0.926. The van der Waals surface area contributed by atoms with E-state index in [0.29, 0.717) is 16.5 Å². The summed E-state index contributed by atoms with van der Waals surface area (Å²) in [6.45, 7) is -0.222. The Morgan fingerprint density at radius 3 is 1.77 bits per heavy atom. The molecule has 0 aliphatic heterocycles. The van der Waals surface area contributed by atoms with Gasteiger partial charge in [0.15, 0.2) is 5.16 Å². The minimum Gasteiger partial charge on any atom is -0.264 e. The van der Waals surface area contributed by atoms with Gasteiger partial charge in [0.2, 0.25) is 5.16 Å². The molecule has 0 radical (unpaired) electrons. The highest BCUT2D eigenvalue weighted by Gasteiger charge is 2.07. The van der Waals surface area contributed by atoms with Crippen LogP contribution in [0.2, 0.25) is 0 Å². The van der Waals surface area contributed by atoms with E-state index in [1.807, 2.05) is 6.26 Å². The number of aromatic nitrogens is 4. The first-order valence-corrected chi connectivity index (χ1v) is 14.0. The van der Waals surface area contributed by atoms with Crippen molar-refractivity contribution in [2.24, 2.45) is 0 Å². The normalized spacial score (nSPS) is 11.9. The van der Waals surface area contributed by atoms with Crippen LogP contribution < -0.4 is 0 Å². The van der Waals surface area contributed by atoms with Crippen molar-refractivity contribution in [3.63, 3.8) is 0 Å². The monoisotopic (exact) mass is 516 g/mol. The van der Waals surface area contributed by atoms with E-state index in [1.165, 1.54) is 30.3 Å². The SMILES string of the molecule is C.C.CS(=O)c1nccc(COS(C)(=O)=O)n1.CSc1nccc(COS(C)(=O)=O)n1. The van der Waals surface area contributed by atoms with Gasteiger partial charge in [0.25, 0.3) is 20.2 Å².